The molecule has 1 heteroatoms. The zero-order chi connectivity index (χ0) is 38.6. The van der Waals surface area contributed by atoms with Gasteiger partial charge in [0.05, 0.1) is 0 Å². The summed E-state index contributed by atoms with van der Waals surface area (Å²) >= 11 is 1.92. The Hall–Kier alpha value is -7.32. The van der Waals surface area contributed by atoms with Crippen LogP contribution in [0.15, 0.2) is 206 Å². The number of fused-ring (bicyclic) bond motifs is 14. The van der Waals surface area contributed by atoms with Crippen LogP contribution in [0.2, 0.25) is 0 Å². The molecule has 1 heterocycles. The lowest BCUT2D eigenvalue weighted by molar-refractivity contribution is 1.67. The fourth-order valence-corrected chi connectivity index (χ4v) is 11.7. The highest BCUT2D eigenvalue weighted by atomic mass is 32.1. The van der Waals surface area contributed by atoms with Crippen LogP contribution < -0.4 is 0 Å². The van der Waals surface area contributed by atoms with Crippen molar-refractivity contribution in [1.29, 1.82) is 0 Å². The minimum Gasteiger partial charge on any atom is -0.135 e. The minimum absolute atomic E-state index is 1.23. The molecule has 13 rings (SSSR count). The maximum Gasteiger partial charge on any atom is 0.0440 e. The first kappa shape index (κ1) is 32.7. The Balaban J connectivity index is 1.15. The summed E-state index contributed by atoms with van der Waals surface area (Å²) in [6.45, 7) is 0. The molecule has 13 aromatic rings. The van der Waals surface area contributed by atoms with Gasteiger partial charge in [0.15, 0.2) is 0 Å². The van der Waals surface area contributed by atoms with Gasteiger partial charge in [-0.05, 0) is 116 Å². The zero-order valence-corrected chi connectivity index (χ0v) is 32.9. The third-order valence-electron chi connectivity index (χ3n) is 12.8. The average molecular weight is 763 g/mol. The molecule has 0 unspecified atom stereocenters. The molecule has 12 aromatic carbocycles. The summed E-state index contributed by atoms with van der Waals surface area (Å²) in [5.41, 5.74) is 7.62. The van der Waals surface area contributed by atoms with E-state index < -0.39 is 0 Å². The molecule has 272 valence electrons. The monoisotopic (exact) mass is 762 g/mol. The number of rotatable bonds is 3. The molecule has 0 aliphatic carbocycles. The molecule has 0 N–H and O–H groups in total. The van der Waals surface area contributed by atoms with Crippen molar-refractivity contribution in [3.8, 4) is 33.4 Å². The molecule has 0 fully saturated rings. The highest BCUT2D eigenvalue weighted by Gasteiger charge is 2.23. The fraction of sp³-hybridized carbons (Fsp3) is 0. The first-order valence-electron chi connectivity index (χ1n) is 20.4. The summed E-state index contributed by atoms with van der Waals surface area (Å²) in [5, 5.41) is 20.7. The van der Waals surface area contributed by atoms with Crippen LogP contribution in [0.4, 0.5) is 0 Å². The molecule has 0 amide bonds. The predicted octanol–water partition coefficient (Wildman–Crippen LogP) is 17.1. The van der Waals surface area contributed by atoms with E-state index >= 15 is 0 Å². The second kappa shape index (κ2) is 12.6. The Morgan fingerprint density at radius 3 is 1.14 bits per heavy atom. The van der Waals surface area contributed by atoms with Gasteiger partial charge in [-0.15, -0.1) is 11.3 Å². The number of thiophene rings is 1. The van der Waals surface area contributed by atoms with Crippen molar-refractivity contribution < 1.29 is 0 Å². The third-order valence-corrected chi connectivity index (χ3v) is 14.0. The van der Waals surface area contributed by atoms with Gasteiger partial charge in [0.1, 0.15) is 0 Å². The maximum absolute atomic E-state index is 2.48. The van der Waals surface area contributed by atoms with Crippen molar-refractivity contribution in [2.24, 2.45) is 0 Å². The van der Waals surface area contributed by atoms with Gasteiger partial charge in [0.25, 0.3) is 0 Å². The van der Waals surface area contributed by atoms with Gasteiger partial charge in [-0.25, -0.2) is 0 Å². The molecule has 0 saturated carbocycles. The van der Waals surface area contributed by atoms with Crippen molar-refractivity contribution in [1.82, 2.24) is 0 Å². The Morgan fingerprint density at radius 2 is 0.593 bits per heavy atom. The van der Waals surface area contributed by atoms with Crippen LogP contribution in [0.1, 0.15) is 0 Å². The van der Waals surface area contributed by atoms with Crippen LogP contribution >= 0.6 is 11.3 Å². The molecule has 0 atom stereocenters. The smallest absolute Gasteiger partial charge is 0.0440 e. The summed E-state index contributed by atoms with van der Waals surface area (Å²) in [4.78, 5) is 0. The Labute approximate surface area is 344 Å². The molecule has 1 aromatic heterocycles. The molecule has 0 aliphatic heterocycles. The predicted molar refractivity (Wildman–Crippen MR) is 258 cm³/mol. The van der Waals surface area contributed by atoms with E-state index in [1.165, 1.54) is 129 Å². The summed E-state index contributed by atoms with van der Waals surface area (Å²) in [5.74, 6) is 0. The zero-order valence-electron chi connectivity index (χ0n) is 32.0. The van der Waals surface area contributed by atoms with E-state index in [1.807, 2.05) is 11.3 Å². The van der Waals surface area contributed by atoms with E-state index in [0.717, 1.165) is 0 Å². The fourth-order valence-electron chi connectivity index (χ4n) is 10.4. The highest BCUT2D eigenvalue weighted by molar-refractivity contribution is 7.26. The summed E-state index contributed by atoms with van der Waals surface area (Å²) < 4.78 is 2.70. The topological polar surface area (TPSA) is 0 Å². The molecular formula is C58H34S. The molecule has 0 saturated heterocycles. The van der Waals surface area contributed by atoms with Gasteiger partial charge in [-0.2, -0.15) is 0 Å². The van der Waals surface area contributed by atoms with E-state index in [4.69, 9.17) is 0 Å². The number of benzene rings is 12. The van der Waals surface area contributed by atoms with Crippen LogP contribution in [0.25, 0.3) is 129 Å². The van der Waals surface area contributed by atoms with Gasteiger partial charge in [-0.1, -0.05) is 194 Å². The summed E-state index contributed by atoms with van der Waals surface area (Å²) in [6.07, 6.45) is 0. The van der Waals surface area contributed by atoms with Crippen molar-refractivity contribution in [3.05, 3.63) is 206 Å². The van der Waals surface area contributed by atoms with Crippen molar-refractivity contribution in [2.45, 2.75) is 0 Å². The molecule has 0 spiro atoms. The van der Waals surface area contributed by atoms with Crippen LogP contribution in [0, 0.1) is 0 Å². The van der Waals surface area contributed by atoms with E-state index in [9.17, 15) is 0 Å². The van der Waals surface area contributed by atoms with Crippen LogP contribution in [-0.4, -0.2) is 0 Å². The average Bonchev–Trinajstić information content (AvgIpc) is 3.69. The number of hydrogen-bond acceptors (Lipinski definition) is 1. The van der Waals surface area contributed by atoms with Crippen molar-refractivity contribution in [3.63, 3.8) is 0 Å². The molecule has 59 heavy (non-hydrogen) atoms. The van der Waals surface area contributed by atoms with Gasteiger partial charge < -0.3 is 0 Å². The molecule has 0 bridgehead atoms. The van der Waals surface area contributed by atoms with Crippen molar-refractivity contribution in [2.75, 3.05) is 0 Å². The lowest BCUT2D eigenvalue weighted by Crippen LogP contribution is -1.94. The number of hydrogen-bond donors (Lipinski definition) is 0. The lowest BCUT2D eigenvalue weighted by atomic mass is 9.81. The van der Waals surface area contributed by atoms with E-state index in [2.05, 4.69) is 206 Å². The van der Waals surface area contributed by atoms with Crippen molar-refractivity contribution >= 4 is 107 Å². The minimum atomic E-state index is 1.23. The summed E-state index contributed by atoms with van der Waals surface area (Å²) in [7, 11) is 0. The maximum atomic E-state index is 2.48. The molecular weight excluding hydrogens is 729 g/mol. The van der Waals surface area contributed by atoms with Gasteiger partial charge in [0.2, 0.25) is 0 Å². The normalized spacial score (nSPS) is 12.1. The van der Waals surface area contributed by atoms with Crippen LogP contribution in [0.3, 0.4) is 0 Å². The molecule has 0 radical (unpaired) electrons. The van der Waals surface area contributed by atoms with Gasteiger partial charge in [-0.3, -0.25) is 0 Å². The van der Waals surface area contributed by atoms with Gasteiger partial charge in [0, 0.05) is 25.6 Å². The van der Waals surface area contributed by atoms with Crippen LogP contribution in [0.5, 0.6) is 0 Å². The highest BCUT2D eigenvalue weighted by Crippen LogP contribution is 2.51. The van der Waals surface area contributed by atoms with E-state index in [1.54, 1.807) is 0 Å². The van der Waals surface area contributed by atoms with Crippen LogP contribution in [-0.2, 0) is 0 Å². The standard InChI is InChI=1S/C58H34S/c1-2-16-35(17-3-1)53-40-21-6-10-25-44(40)55(45-26-11-7-22-41(45)53)56-46-27-12-8-23-42(46)54(43-24-9-13-28-47(43)56)36-30-31-49-51(34-36)38-19-5-4-18-37(38)48-32-33-50-39-20-14-15-29-52(39)59-58(50)57(48)49/h1-34H. The second-order valence-corrected chi connectivity index (χ2v) is 16.9. The van der Waals surface area contributed by atoms with E-state index in [-0.39, 0.29) is 0 Å². The Morgan fingerprint density at radius 1 is 0.220 bits per heavy atom. The quantitative estimate of drug-likeness (QED) is 0.124. The molecule has 0 aliphatic rings. The Bertz CT molecular complexity index is 3770. The lowest BCUT2D eigenvalue weighted by Gasteiger charge is -2.22. The largest absolute Gasteiger partial charge is 0.135 e. The summed E-state index contributed by atoms with van der Waals surface area (Å²) in [6, 6.07) is 76.9. The first-order valence-corrected chi connectivity index (χ1v) is 21.2. The second-order valence-electron chi connectivity index (χ2n) is 15.8. The molecule has 0 nitrogen and oxygen atoms in total. The first-order chi connectivity index (χ1) is 29.3. The van der Waals surface area contributed by atoms with E-state index in [0.29, 0.717) is 0 Å². The SMILES string of the molecule is c1ccc(-c2c3ccccc3c(-c3c4ccccc4c(-c4ccc5c(c4)c4ccccc4c4ccc6c7ccccc7sc6c45)c4ccccc34)c3ccccc23)cc1. The van der Waals surface area contributed by atoms with Gasteiger partial charge >= 0.3 is 0 Å². The third kappa shape index (κ3) is 4.65. The Kier molecular flexibility index (Phi) is 6.98.